The van der Waals surface area contributed by atoms with Gasteiger partial charge in [0.15, 0.2) is 7.28 Å². The van der Waals surface area contributed by atoms with E-state index in [0.29, 0.717) is 0 Å². The van der Waals surface area contributed by atoms with Crippen LogP contribution in [-0.4, -0.2) is 7.28 Å². The zero-order chi connectivity index (χ0) is 48.7. The van der Waals surface area contributed by atoms with Gasteiger partial charge in [-0.2, -0.15) is 0 Å². The lowest BCUT2D eigenvalue weighted by Crippen LogP contribution is -2.43. The van der Waals surface area contributed by atoms with Crippen LogP contribution in [0.1, 0.15) is 177 Å². The average molecular weight is 896 g/mol. The topological polar surface area (TPSA) is 15.3 Å². The van der Waals surface area contributed by atoms with Gasteiger partial charge in [0, 0.05) is 34.0 Å². The largest absolute Gasteiger partial charge is 0.355 e. The van der Waals surface area contributed by atoms with E-state index < -0.39 is 0 Å². The summed E-state index contributed by atoms with van der Waals surface area (Å²) in [5.41, 5.74) is 27.9. The Kier molecular flexibility index (Phi) is 10.7. The van der Waals surface area contributed by atoms with E-state index in [0.717, 1.165) is 24.1 Å². The third-order valence-electron chi connectivity index (χ3n) is 17.8. The zero-order valence-electron chi connectivity index (χ0n) is 44.2. The van der Waals surface area contributed by atoms with Crippen LogP contribution in [-0.2, 0) is 32.5 Å². The molecule has 6 aromatic carbocycles. The smallest absolute Gasteiger partial charge is 0.198 e. The number of rotatable bonds is 6. The number of nitrogens with one attached hydrogen (secondary N) is 1. The monoisotopic (exact) mass is 896 g/mol. The maximum Gasteiger partial charge on any atom is 0.198 e. The second kappa shape index (κ2) is 15.6. The molecular formula is C65H76BN2. The van der Waals surface area contributed by atoms with Gasteiger partial charge in [0.25, 0.3) is 0 Å². The predicted octanol–water partition coefficient (Wildman–Crippen LogP) is 16.8. The molecule has 0 fully saturated rings. The third kappa shape index (κ3) is 7.43. The zero-order valence-corrected chi connectivity index (χ0v) is 44.2. The van der Waals surface area contributed by atoms with Gasteiger partial charge >= 0.3 is 0 Å². The van der Waals surface area contributed by atoms with Crippen LogP contribution in [0.15, 0.2) is 97.6 Å². The van der Waals surface area contributed by atoms with Gasteiger partial charge in [0.1, 0.15) is 0 Å². The van der Waals surface area contributed by atoms with Crippen LogP contribution in [0.4, 0.5) is 28.4 Å². The number of nitrogens with zero attached hydrogens (tertiary/aromatic N) is 1. The normalized spacial score (nSPS) is 19.6. The van der Waals surface area contributed by atoms with Gasteiger partial charge in [-0.25, -0.2) is 0 Å². The highest BCUT2D eigenvalue weighted by atomic mass is 15.2. The molecule has 0 bridgehead atoms. The van der Waals surface area contributed by atoms with Crippen LogP contribution in [0.2, 0.25) is 0 Å². The molecular weight excluding hydrogens is 820 g/mol. The highest BCUT2D eigenvalue weighted by Crippen LogP contribution is 2.53. The summed E-state index contributed by atoms with van der Waals surface area (Å²) in [7, 11) is 2.54. The number of hydrogen-bond acceptors (Lipinski definition) is 2. The van der Waals surface area contributed by atoms with Crippen molar-refractivity contribution >= 4 is 52.7 Å². The number of fused-ring (bicyclic) bond motifs is 5. The van der Waals surface area contributed by atoms with E-state index in [-0.39, 0.29) is 32.5 Å². The Morgan fingerprint density at radius 1 is 0.471 bits per heavy atom. The molecule has 0 saturated carbocycles. The van der Waals surface area contributed by atoms with E-state index in [9.17, 15) is 0 Å². The Labute approximate surface area is 411 Å². The fraction of sp³-hybridized carbons (Fsp3) is 0.415. The van der Waals surface area contributed by atoms with Gasteiger partial charge in [-0.1, -0.05) is 144 Å². The molecule has 0 aromatic heterocycles. The lowest BCUT2D eigenvalue weighted by atomic mass is 9.55. The van der Waals surface area contributed by atoms with Crippen molar-refractivity contribution in [2.75, 3.05) is 10.2 Å². The van der Waals surface area contributed by atoms with Gasteiger partial charge in [0.05, 0.1) is 0 Å². The molecule has 0 amide bonds. The van der Waals surface area contributed by atoms with Gasteiger partial charge in [-0.15, -0.1) is 0 Å². The SMILES string of the molecule is C=Cc1ccccc1-c1c(C)ccc2c1[B]c1c(-c3cc4c(cc3Nc3ccc5c(c3)C(C)(C)CCC5(C)C)C(C)(C)CCC4(C)C)cc(C)cc1N2c1cc2c(cc1C)C(C)(C)CCC2(C)C. The van der Waals surface area contributed by atoms with Crippen molar-refractivity contribution in [2.24, 2.45) is 0 Å². The summed E-state index contributed by atoms with van der Waals surface area (Å²) in [6.45, 7) is 40.6. The number of anilines is 5. The lowest BCUT2D eigenvalue weighted by molar-refractivity contribution is 0.332. The molecule has 6 aromatic rings. The van der Waals surface area contributed by atoms with Crippen molar-refractivity contribution in [1.29, 1.82) is 0 Å². The Morgan fingerprint density at radius 3 is 1.63 bits per heavy atom. The molecule has 3 aliphatic carbocycles. The molecule has 0 unspecified atom stereocenters. The van der Waals surface area contributed by atoms with E-state index in [4.69, 9.17) is 0 Å². The van der Waals surface area contributed by atoms with Crippen LogP contribution < -0.4 is 21.1 Å². The number of benzene rings is 6. The van der Waals surface area contributed by atoms with Crippen LogP contribution in [0.5, 0.6) is 0 Å². The first-order valence-corrected chi connectivity index (χ1v) is 25.8. The maximum atomic E-state index is 4.31. The van der Waals surface area contributed by atoms with Crippen molar-refractivity contribution in [3.05, 3.63) is 153 Å². The molecule has 1 radical (unpaired) electrons. The third-order valence-corrected chi connectivity index (χ3v) is 17.8. The molecule has 349 valence electrons. The minimum Gasteiger partial charge on any atom is -0.355 e. The number of aryl methyl sites for hydroxylation is 3. The van der Waals surface area contributed by atoms with Gasteiger partial charge in [-0.05, 0) is 218 Å². The first-order valence-electron chi connectivity index (χ1n) is 25.8. The highest BCUT2D eigenvalue weighted by molar-refractivity contribution is 6.74. The summed E-state index contributed by atoms with van der Waals surface area (Å²) in [6.07, 6.45) is 9.09. The summed E-state index contributed by atoms with van der Waals surface area (Å²) in [6, 6.07) is 36.0. The molecule has 1 N–H and O–H groups in total. The highest BCUT2D eigenvalue weighted by Gasteiger charge is 2.42. The Bertz CT molecular complexity index is 3080. The molecule has 0 atom stereocenters. The van der Waals surface area contributed by atoms with Gasteiger partial charge < -0.3 is 10.2 Å². The summed E-state index contributed by atoms with van der Waals surface area (Å²) < 4.78 is 0. The standard InChI is InChI=1S/C65H76BN2/c1-17-42-20-18-19-21-44(42)57-40(3)22-25-54-59(57)66-58-46(32-39(2)33-56(58)68(54)55-38-52-48(34-41(55)4)61(7,8)28-31-65(52,15)16)45-36-50-51(64(13,14)30-29-63(50,11)12)37-53(45)67-43-23-24-47-49(35-43)62(9,10)27-26-60(47,5)6/h17-25,32-38,67H,1,26-31H2,2-16H3. The fourth-order valence-electron chi connectivity index (χ4n) is 12.9. The van der Waals surface area contributed by atoms with Crippen LogP contribution >= 0.6 is 0 Å². The van der Waals surface area contributed by atoms with E-state index in [1.54, 1.807) is 0 Å². The molecule has 3 heteroatoms. The quantitative estimate of drug-likeness (QED) is 0.167. The lowest BCUT2D eigenvalue weighted by Gasteiger charge is -2.44. The summed E-state index contributed by atoms with van der Waals surface area (Å²) in [4.78, 5) is 2.64. The Morgan fingerprint density at radius 2 is 1.01 bits per heavy atom. The Hall–Kier alpha value is -5.28. The van der Waals surface area contributed by atoms with E-state index in [1.807, 2.05) is 6.08 Å². The first kappa shape index (κ1) is 46.5. The molecule has 1 heterocycles. The van der Waals surface area contributed by atoms with Crippen LogP contribution in [0.3, 0.4) is 0 Å². The molecule has 4 aliphatic rings. The second-order valence-electron chi connectivity index (χ2n) is 25.5. The van der Waals surface area contributed by atoms with Crippen LogP contribution in [0.25, 0.3) is 28.3 Å². The minimum absolute atomic E-state index is 0.0330. The van der Waals surface area contributed by atoms with Crippen molar-refractivity contribution in [1.82, 2.24) is 0 Å². The molecule has 68 heavy (non-hydrogen) atoms. The molecule has 0 spiro atoms. The molecule has 2 nitrogen and oxygen atoms in total. The fourth-order valence-corrected chi connectivity index (χ4v) is 12.9. The van der Waals surface area contributed by atoms with Crippen molar-refractivity contribution in [2.45, 2.75) is 175 Å². The molecule has 1 aliphatic heterocycles. The van der Waals surface area contributed by atoms with Crippen LogP contribution in [0, 0.1) is 20.8 Å². The maximum absolute atomic E-state index is 4.31. The van der Waals surface area contributed by atoms with Gasteiger partial charge in [0.2, 0.25) is 0 Å². The molecule has 0 saturated heterocycles. The number of hydrogen-bond donors (Lipinski definition) is 1. The summed E-state index contributed by atoms with van der Waals surface area (Å²) in [5, 5.41) is 4.17. The van der Waals surface area contributed by atoms with E-state index in [2.05, 4.69) is 219 Å². The van der Waals surface area contributed by atoms with Crippen molar-refractivity contribution in [3.63, 3.8) is 0 Å². The van der Waals surface area contributed by atoms with E-state index in [1.165, 1.54) is 132 Å². The Balaban J connectivity index is 1.27. The summed E-state index contributed by atoms with van der Waals surface area (Å²) in [5.74, 6) is 0. The summed E-state index contributed by atoms with van der Waals surface area (Å²) >= 11 is 0. The van der Waals surface area contributed by atoms with Gasteiger partial charge in [-0.3, -0.25) is 0 Å². The van der Waals surface area contributed by atoms with E-state index >= 15 is 0 Å². The first-order chi connectivity index (χ1) is 31.8. The average Bonchev–Trinajstić information content (AvgIpc) is 3.27. The predicted molar refractivity (Wildman–Crippen MR) is 297 cm³/mol. The minimum atomic E-state index is 0.0330. The molecule has 10 rings (SSSR count). The van der Waals surface area contributed by atoms with Crippen molar-refractivity contribution in [3.8, 4) is 22.3 Å². The second-order valence-corrected chi connectivity index (χ2v) is 25.5. The van der Waals surface area contributed by atoms with Crippen molar-refractivity contribution < 1.29 is 0 Å².